The van der Waals surface area contributed by atoms with Crippen LogP contribution in [0.4, 0.5) is 0 Å². The van der Waals surface area contributed by atoms with E-state index in [1.54, 1.807) is 6.07 Å². The van der Waals surface area contributed by atoms with E-state index >= 15 is 0 Å². The van der Waals surface area contributed by atoms with Crippen LogP contribution >= 0.6 is 0 Å². The Hall–Kier alpha value is -2.74. The summed E-state index contributed by atoms with van der Waals surface area (Å²) in [6, 6.07) is 5.02. The van der Waals surface area contributed by atoms with Crippen molar-refractivity contribution in [3.05, 3.63) is 41.2 Å². The molecule has 3 aliphatic rings. The lowest BCUT2D eigenvalue weighted by Crippen LogP contribution is -2.64. The smallest absolute Gasteiger partial charge is 0.255 e. The molecular weight excluding hydrogens is 430 g/mol. The number of allylic oxidation sites excluding steroid dienone is 1. The van der Waals surface area contributed by atoms with Crippen molar-refractivity contribution in [3.63, 3.8) is 0 Å². The van der Waals surface area contributed by atoms with Crippen LogP contribution in [0.15, 0.2) is 35.1 Å². The van der Waals surface area contributed by atoms with Gasteiger partial charge in [-0.2, -0.15) is 0 Å². The fourth-order valence-corrected chi connectivity index (χ4v) is 5.57. The minimum Gasteiger partial charge on any atom is -0.492 e. The van der Waals surface area contributed by atoms with Gasteiger partial charge in [-0.05, 0) is 44.2 Å². The largest absolute Gasteiger partial charge is 0.492 e. The molecule has 4 rings (SSSR count). The van der Waals surface area contributed by atoms with Crippen molar-refractivity contribution >= 4 is 11.7 Å². The molecule has 0 radical (unpaired) electrons. The number of hydrogen-bond donors (Lipinski definition) is 4. The van der Waals surface area contributed by atoms with Gasteiger partial charge in [0.15, 0.2) is 0 Å². The van der Waals surface area contributed by atoms with E-state index in [0.29, 0.717) is 36.8 Å². The normalized spacial score (nSPS) is 31.4. The van der Waals surface area contributed by atoms with Crippen LogP contribution in [0.1, 0.15) is 69.8 Å². The lowest BCUT2D eigenvalue weighted by Gasteiger charge is -2.48. The van der Waals surface area contributed by atoms with E-state index in [4.69, 9.17) is 15.5 Å². The Balaban J connectivity index is 1.61. The second kappa shape index (κ2) is 9.13. The number of benzene rings is 1. The van der Waals surface area contributed by atoms with Crippen molar-refractivity contribution < 1.29 is 14.6 Å². The van der Waals surface area contributed by atoms with Crippen LogP contribution in [0.2, 0.25) is 0 Å². The topological polar surface area (TPSA) is 112 Å². The molecule has 0 aromatic heterocycles. The molecule has 2 saturated heterocycles. The van der Waals surface area contributed by atoms with Gasteiger partial charge in [-0.25, -0.2) is 0 Å². The van der Waals surface area contributed by atoms with Gasteiger partial charge in [-0.15, -0.1) is 0 Å². The zero-order valence-electron chi connectivity index (χ0n) is 21.0. The predicted molar refractivity (Wildman–Crippen MR) is 134 cm³/mol. The fourth-order valence-electron chi connectivity index (χ4n) is 5.57. The van der Waals surface area contributed by atoms with E-state index in [-0.39, 0.29) is 17.4 Å². The molecule has 1 aromatic carbocycles. The first-order valence-corrected chi connectivity index (χ1v) is 12.4. The zero-order valence-corrected chi connectivity index (χ0v) is 21.0. The molecule has 34 heavy (non-hydrogen) atoms. The van der Waals surface area contributed by atoms with Gasteiger partial charge < -0.3 is 31.1 Å². The highest BCUT2D eigenvalue weighted by atomic mass is 16.5. The number of aliphatic hydroxyl groups excluding tert-OH is 1. The Kier molecular flexibility index (Phi) is 6.55. The van der Waals surface area contributed by atoms with Crippen LogP contribution in [0.5, 0.6) is 5.75 Å². The summed E-state index contributed by atoms with van der Waals surface area (Å²) >= 11 is 0. The summed E-state index contributed by atoms with van der Waals surface area (Å²) in [5, 5.41) is 18.1. The number of nitrogens with one attached hydrogen (secondary N) is 2. The number of carbonyl (C=O) groups is 1. The third-order valence-corrected chi connectivity index (χ3v) is 7.76. The molecule has 0 bridgehead atoms. The Morgan fingerprint density at radius 1 is 1.41 bits per heavy atom. The van der Waals surface area contributed by atoms with Gasteiger partial charge in [0.05, 0.1) is 41.4 Å². The summed E-state index contributed by atoms with van der Waals surface area (Å²) < 4.78 is 5.95. The molecule has 4 unspecified atom stereocenters. The van der Waals surface area contributed by atoms with Gasteiger partial charge in [0, 0.05) is 25.1 Å². The van der Waals surface area contributed by atoms with Crippen molar-refractivity contribution in [2.75, 3.05) is 19.7 Å². The monoisotopic (exact) mass is 469 g/mol. The first-order valence-electron chi connectivity index (χ1n) is 12.4. The lowest BCUT2D eigenvalue weighted by atomic mass is 9.79. The van der Waals surface area contributed by atoms with Crippen LogP contribution in [0, 0.1) is 0 Å². The zero-order chi connectivity index (χ0) is 24.7. The van der Waals surface area contributed by atoms with Crippen molar-refractivity contribution in [2.24, 2.45) is 10.7 Å². The number of fused-ring (bicyclic) bond motifs is 2. The van der Waals surface area contributed by atoms with E-state index in [1.165, 1.54) is 0 Å². The first kappa shape index (κ1) is 24.4. The summed E-state index contributed by atoms with van der Waals surface area (Å²) in [5.41, 5.74) is 6.98. The number of amidine groups is 1. The molecule has 3 heterocycles. The van der Waals surface area contributed by atoms with Crippen LogP contribution in [0.25, 0.3) is 0 Å². The standard InChI is InChI=1S/C26H39N5O3/c1-6-9-20(27)30-19-14-28-21(7-2)31-15-18(23(32)26(19,31)5)29-24(33)16-10-8-11-17-22(16)34-13-12-25(17,3)4/h7-8,10-11,18-19,23,28,32H,6,9,12-15H2,1-5H3,(H2,27,30)(H,29,33)/b21-7+. The van der Waals surface area contributed by atoms with E-state index in [9.17, 15) is 9.90 Å². The quantitative estimate of drug-likeness (QED) is 0.389. The Morgan fingerprint density at radius 3 is 2.88 bits per heavy atom. The molecule has 8 nitrogen and oxygen atoms in total. The van der Waals surface area contributed by atoms with E-state index in [2.05, 4.69) is 36.3 Å². The summed E-state index contributed by atoms with van der Waals surface area (Å²) in [5.74, 6) is 1.94. The van der Waals surface area contributed by atoms with E-state index in [1.807, 2.05) is 32.1 Å². The van der Waals surface area contributed by atoms with Crippen molar-refractivity contribution in [3.8, 4) is 5.75 Å². The minimum absolute atomic E-state index is 0.0546. The molecule has 5 N–H and O–H groups in total. The molecule has 2 fully saturated rings. The molecule has 0 saturated carbocycles. The number of nitrogens with zero attached hydrogens (tertiary/aromatic N) is 2. The second-order valence-corrected chi connectivity index (χ2v) is 10.5. The predicted octanol–water partition coefficient (Wildman–Crippen LogP) is 2.27. The van der Waals surface area contributed by atoms with Crippen molar-refractivity contribution in [2.45, 2.75) is 83.0 Å². The molecule has 1 amide bonds. The van der Waals surface area contributed by atoms with Gasteiger partial charge >= 0.3 is 0 Å². The molecule has 4 atom stereocenters. The number of amides is 1. The average molecular weight is 470 g/mol. The Bertz CT molecular complexity index is 1000. The Morgan fingerprint density at radius 2 is 2.18 bits per heavy atom. The van der Waals surface area contributed by atoms with Gasteiger partial charge in [-0.1, -0.05) is 32.9 Å². The minimum atomic E-state index is -0.825. The summed E-state index contributed by atoms with van der Waals surface area (Å²) in [6.07, 6.45) is 3.70. The highest BCUT2D eigenvalue weighted by molar-refractivity contribution is 5.98. The molecule has 3 aliphatic heterocycles. The van der Waals surface area contributed by atoms with Gasteiger partial charge in [0.2, 0.25) is 0 Å². The number of para-hydroxylation sites is 1. The molecule has 0 spiro atoms. The van der Waals surface area contributed by atoms with Crippen LogP contribution < -0.4 is 21.1 Å². The molecule has 8 heteroatoms. The SMILES string of the molecule is C/C=C1\NCC(N=C(N)CCC)C2(C)C(O)C(NC(=O)c3cccc4c3OCCC4(C)C)CN12. The number of ether oxygens (including phenoxy) is 1. The van der Waals surface area contributed by atoms with E-state index < -0.39 is 17.7 Å². The van der Waals surface area contributed by atoms with Crippen molar-refractivity contribution in [1.29, 1.82) is 0 Å². The maximum atomic E-state index is 13.4. The summed E-state index contributed by atoms with van der Waals surface area (Å²) in [4.78, 5) is 20.3. The maximum absolute atomic E-state index is 13.4. The van der Waals surface area contributed by atoms with Crippen molar-refractivity contribution in [1.82, 2.24) is 15.5 Å². The lowest BCUT2D eigenvalue weighted by molar-refractivity contribution is 0.0142. The Labute approximate surface area is 202 Å². The van der Waals surface area contributed by atoms with Crippen LogP contribution in [0.3, 0.4) is 0 Å². The van der Waals surface area contributed by atoms with Gasteiger partial charge in [-0.3, -0.25) is 9.79 Å². The molecule has 186 valence electrons. The molecular formula is C26H39N5O3. The second-order valence-electron chi connectivity index (χ2n) is 10.5. The highest BCUT2D eigenvalue weighted by Gasteiger charge is 2.57. The summed E-state index contributed by atoms with van der Waals surface area (Å²) in [7, 11) is 0. The third kappa shape index (κ3) is 4.02. The highest BCUT2D eigenvalue weighted by Crippen LogP contribution is 2.41. The molecule has 1 aromatic rings. The number of carbonyl (C=O) groups excluding carboxylic acids is 1. The number of aliphatic imine (C=N–C) groups is 1. The first-order chi connectivity index (χ1) is 16.1. The fraction of sp³-hybridized carbons (Fsp3) is 0.615. The van der Waals surface area contributed by atoms with Crippen LogP contribution in [-0.2, 0) is 5.41 Å². The number of nitrogens with two attached hydrogens (primary N) is 1. The number of aliphatic hydroxyl groups is 1. The van der Waals surface area contributed by atoms with Gasteiger partial charge in [0.1, 0.15) is 11.9 Å². The summed E-state index contributed by atoms with van der Waals surface area (Å²) in [6.45, 7) is 12.0. The van der Waals surface area contributed by atoms with Crippen LogP contribution in [-0.4, -0.2) is 65.2 Å². The molecule has 0 aliphatic carbocycles. The van der Waals surface area contributed by atoms with E-state index in [0.717, 1.165) is 30.6 Å². The maximum Gasteiger partial charge on any atom is 0.255 e. The number of rotatable bonds is 5. The number of hydrogen-bond acceptors (Lipinski definition) is 6. The average Bonchev–Trinajstić information content (AvgIpc) is 3.05. The third-order valence-electron chi connectivity index (χ3n) is 7.76. The van der Waals surface area contributed by atoms with Gasteiger partial charge in [0.25, 0.3) is 5.91 Å².